The SMILES string of the molecule is Cc1cc(OCc2ccc(-c3ccccc3)c(-c3nnn(C(c4ccccc4)(c4ccccc4)c4ccccc4)n3)c2)c(C(N)=O)c(C)n1. The van der Waals surface area contributed by atoms with Crippen LogP contribution in [0.4, 0.5) is 0 Å². The first kappa shape index (κ1) is 31.2. The second kappa shape index (κ2) is 13.4. The van der Waals surface area contributed by atoms with Crippen molar-refractivity contribution in [3.05, 3.63) is 185 Å². The number of primary amides is 1. The standard InChI is InChI=1S/C41H34N6O2/c1-28-25-37(38(39(42)48)29(2)43-28)49-27-30-23-24-35(31-15-7-3-8-16-31)36(26-30)40-44-46-47(45-40)41(32-17-9-4-10-18-32,33-19-11-5-12-20-33)34-21-13-6-14-22-34/h3-26H,27H2,1-2H3,(H2,42,48). The first-order chi connectivity index (χ1) is 23.9. The van der Waals surface area contributed by atoms with Crippen molar-refractivity contribution < 1.29 is 9.53 Å². The van der Waals surface area contributed by atoms with Crippen LogP contribution < -0.4 is 10.5 Å². The molecule has 2 aromatic heterocycles. The third-order valence-electron chi connectivity index (χ3n) is 8.63. The predicted molar refractivity (Wildman–Crippen MR) is 190 cm³/mol. The molecular weight excluding hydrogens is 608 g/mol. The van der Waals surface area contributed by atoms with Gasteiger partial charge in [-0.25, -0.2) is 0 Å². The summed E-state index contributed by atoms with van der Waals surface area (Å²) >= 11 is 0. The molecular formula is C41H34N6O2. The van der Waals surface area contributed by atoms with Crippen molar-refractivity contribution in [2.75, 3.05) is 0 Å². The summed E-state index contributed by atoms with van der Waals surface area (Å²) in [5, 5.41) is 14.7. The minimum atomic E-state index is -0.912. The number of tetrazole rings is 1. The van der Waals surface area contributed by atoms with Gasteiger partial charge in [0, 0.05) is 17.3 Å². The maximum Gasteiger partial charge on any atom is 0.254 e. The highest BCUT2D eigenvalue weighted by molar-refractivity contribution is 5.96. The Labute approximate surface area is 284 Å². The zero-order valence-corrected chi connectivity index (χ0v) is 27.2. The number of rotatable bonds is 10. The van der Waals surface area contributed by atoms with Crippen LogP contribution >= 0.6 is 0 Å². The number of nitrogens with zero attached hydrogens (tertiary/aromatic N) is 5. The number of nitrogens with two attached hydrogens (primary N) is 1. The van der Waals surface area contributed by atoms with Gasteiger partial charge >= 0.3 is 0 Å². The second-order valence-electron chi connectivity index (χ2n) is 11.8. The van der Waals surface area contributed by atoms with E-state index in [1.165, 1.54) is 0 Å². The van der Waals surface area contributed by atoms with Crippen molar-refractivity contribution in [2.45, 2.75) is 26.0 Å². The van der Waals surface area contributed by atoms with E-state index in [1.54, 1.807) is 17.8 Å². The molecule has 0 aliphatic rings. The summed E-state index contributed by atoms with van der Waals surface area (Å²) in [7, 11) is 0. The average molecular weight is 643 g/mol. The number of hydrogen-bond donors (Lipinski definition) is 1. The topological polar surface area (TPSA) is 109 Å². The third-order valence-corrected chi connectivity index (χ3v) is 8.63. The van der Waals surface area contributed by atoms with E-state index in [1.807, 2.05) is 97.9 Å². The number of pyridine rings is 1. The van der Waals surface area contributed by atoms with Crippen molar-refractivity contribution in [3.63, 3.8) is 0 Å². The summed E-state index contributed by atoms with van der Waals surface area (Å²) in [6.45, 7) is 3.79. The number of carbonyl (C=O) groups excluding carboxylic acids is 1. The minimum Gasteiger partial charge on any atom is -0.488 e. The molecule has 7 aromatic rings. The number of benzene rings is 5. The van der Waals surface area contributed by atoms with Crippen molar-refractivity contribution in [3.8, 4) is 28.3 Å². The molecule has 0 saturated heterocycles. The molecule has 0 bridgehead atoms. The lowest BCUT2D eigenvalue weighted by molar-refractivity contribution is 0.0994. The monoisotopic (exact) mass is 642 g/mol. The fourth-order valence-corrected chi connectivity index (χ4v) is 6.45. The number of aromatic nitrogens is 5. The van der Waals surface area contributed by atoms with Crippen LogP contribution in [0, 0.1) is 13.8 Å². The van der Waals surface area contributed by atoms with E-state index in [2.05, 4.69) is 53.5 Å². The first-order valence-electron chi connectivity index (χ1n) is 16.0. The average Bonchev–Trinajstić information content (AvgIpc) is 3.63. The van der Waals surface area contributed by atoms with Gasteiger partial charge in [0.25, 0.3) is 5.91 Å². The van der Waals surface area contributed by atoms with Crippen LogP contribution in [0.2, 0.25) is 0 Å². The van der Waals surface area contributed by atoms with Crippen molar-refractivity contribution >= 4 is 5.91 Å². The minimum absolute atomic E-state index is 0.182. The van der Waals surface area contributed by atoms with Crippen LogP contribution in [0.1, 0.15) is 44.0 Å². The summed E-state index contributed by atoms with van der Waals surface area (Å²) in [4.78, 5) is 18.4. The van der Waals surface area contributed by atoms with Crippen LogP contribution in [0.3, 0.4) is 0 Å². The summed E-state index contributed by atoms with van der Waals surface area (Å²) in [5.74, 6) is 0.273. The molecule has 8 nitrogen and oxygen atoms in total. The van der Waals surface area contributed by atoms with Crippen LogP contribution in [0.5, 0.6) is 5.75 Å². The molecule has 2 N–H and O–H groups in total. The number of aryl methyl sites for hydroxylation is 2. The lowest BCUT2D eigenvalue weighted by Crippen LogP contribution is -2.39. The quantitative estimate of drug-likeness (QED) is 0.155. The molecule has 5 aromatic carbocycles. The molecule has 0 saturated carbocycles. The number of ether oxygens (including phenoxy) is 1. The van der Waals surface area contributed by atoms with E-state index in [-0.39, 0.29) is 12.2 Å². The molecule has 0 atom stereocenters. The maximum atomic E-state index is 12.3. The van der Waals surface area contributed by atoms with E-state index in [9.17, 15) is 4.79 Å². The molecule has 240 valence electrons. The van der Waals surface area contributed by atoms with E-state index >= 15 is 0 Å². The Morgan fingerprint density at radius 1 is 0.714 bits per heavy atom. The zero-order valence-electron chi connectivity index (χ0n) is 27.2. The molecule has 0 aliphatic carbocycles. The summed E-state index contributed by atoms with van der Waals surface area (Å²) in [6, 6.07) is 48.7. The Hall–Kier alpha value is -6.41. The highest BCUT2D eigenvalue weighted by Gasteiger charge is 2.41. The summed E-state index contributed by atoms with van der Waals surface area (Å²) < 4.78 is 6.21. The van der Waals surface area contributed by atoms with Crippen molar-refractivity contribution in [1.29, 1.82) is 0 Å². The Balaban J connectivity index is 1.38. The molecule has 0 radical (unpaired) electrons. The highest BCUT2D eigenvalue weighted by Crippen LogP contribution is 2.40. The van der Waals surface area contributed by atoms with Gasteiger partial charge in [-0.2, -0.15) is 0 Å². The number of carbonyl (C=O) groups is 1. The summed E-state index contributed by atoms with van der Waals surface area (Å²) in [6.07, 6.45) is 0. The lowest BCUT2D eigenvalue weighted by Gasteiger charge is -2.34. The van der Waals surface area contributed by atoms with E-state index < -0.39 is 11.4 Å². The highest BCUT2D eigenvalue weighted by atomic mass is 16.5. The van der Waals surface area contributed by atoms with Crippen LogP contribution in [0.25, 0.3) is 22.5 Å². The number of amides is 1. The van der Waals surface area contributed by atoms with E-state index in [0.717, 1.165) is 44.6 Å². The van der Waals surface area contributed by atoms with Gasteiger partial charge in [-0.15, -0.1) is 15.0 Å². The zero-order chi connectivity index (χ0) is 33.8. The normalized spacial score (nSPS) is 11.3. The molecule has 2 heterocycles. The van der Waals surface area contributed by atoms with Crippen molar-refractivity contribution in [1.82, 2.24) is 25.2 Å². The predicted octanol–water partition coefficient (Wildman–Crippen LogP) is 7.54. The van der Waals surface area contributed by atoms with Gasteiger partial charge < -0.3 is 10.5 Å². The molecule has 0 fully saturated rings. The Morgan fingerprint density at radius 2 is 1.27 bits per heavy atom. The van der Waals surface area contributed by atoms with Gasteiger partial charge in [-0.1, -0.05) is 133 Å². The summed E-state index contributed by atoms with van der Waals surface area (Å²) in [5.41, 5.74) is 12.9. The Bertz CT molecular complexity index is 2120. The molecule has 8 heteroatoms. The molecule has 7 rings (SSSR count). The van der Waals surface area contributed by atoms with Crippen molar-refractivity contribution in [2.24, 2.45) is 5.73 Å². The van der Waals surface area contributed by atoms with E-state index in [0.29, 0.717) is 17.3 Å². The van der Waals surface area contributed by atoms with Crippen LogP contribution in [0.15, 0.2) is 146 Å². The van der Waals surface area contributed by atoms with Gasteiger partial charge in [0.15, 0.2) is 5.54 Å². The van der Waals surface area contributed by atoms with Gasteiger partial charge in [-0.3, -0.25) is 9.78 Å². The van der Waals surface area contributed by atoms with Gasteiger partial charge in [0.1, 0.15) is 17.9 Å². The largest absolute Gasteiger partial charge is 0.488 e. The second-order valence-corrected chi connectivity index (χ2v) is 11.8. The third kappa shape index (κ3) is 5.96. The molecule has 0 aliphatic heterocycles. The fourth-order valence-electron chi connectivity index (χ4n) is 6.45. The first-order valence-corrected chi connectivity index (χ1v) is 16.0. The smallest absolute Gasteiger partial charge is 0.254 e. The van der Waals surface area contributed by atoms with Crippen LogP contribution in [-0.4, -0.2) is 31.1 Å². The van der Waals surface area contributed by atoms with E-state index in [4.69, 9.17) is 25.9 Å². The molecule has 49 heavy (non-hydrogen) atoms. The molecule has 1 amide bonds. The maximum absolute atomic E-state index is 12.3. The van der Waals surface area contributed by atoms with Crippen LogP contribution in [-0.2, 0) is 12.1 Å². The Kier molecular flexibility index (Phi) is 8.51. The van der Waals surface area contributed by atoms with Gasteiger partial charge in [-0.05, 0) is 58.5 Å². The van der Waals surface area contributed by atoms with Gasteiger partial charge in [0.2, 0.25) is 5.82 Å². The molecule has 0 unspecified atom stereocenters. The fraction of sp³-hybridized carbons (Fsp3) is 0.0976. The Morgan fingerprint density at radius 3 is 1.82 bits per heavy atom. The molecule has 0 spiro atoms. The lowest BCUT2D eigenvalue weighted by atomic mass is 9.77. The number of hydrogen-bond acceptors (Lipinski definition) is 6. The van der Waals surface area contributed by atoms with Gasteiger partial charge in [0.05, 0.1) is 5.69 Å².